The fraction of sp³-hybridized carbons (Fsp3) is 0.350. The molecular formula is C20H23N5O. The lowest BCUT2D eigenvalue weighted by Crippen LogP contribution is -2.30. The number of carbonyl (C=O) groups excluding carboxylic acids is 1. The fourth-order valence-corrected chi connectivity index (χ4v) is 3.76. The van der Waals surface area contributed by atoms with Crippen LogP contribution < -0.4 is 10.9 Å². The van der Waals surface area contributed by atoms with E-state index in [0.29, 0.717) is 11.5 Å². The second-order valence-electron chi connectivity index (χ2n) is 6.92. The first-order valence-electron chi connectivity index (χ1n) is 9.13. The highest BCUT2D eigenvalue weighted by molar-refractivity contribution is 6.07. The van der Waals surface area contributed by atoms with Crippen LogP contribution in [-0.4, -0.2) is 20.9 Å². The van der Waals surface area contributed by atoms with Crippen molar-refractivity contribution in [2.75, 3.05) is 5.43 Å². The van der Waals surface area contributed by atoms with Gasteiger partial charge in [0.05, 0.1) is 11.1 Å². The first-order valence-corrected chi connectivity index (χ1v) is 9.13. The molecule has 0 saturated carbocycles. The molecule has 0 saturated heterocycles. The highest BCUT2D eigenvalue weighted by Gasteiger charge is 2.18. The molecular weight excluding hydrogens is 326 g/mol. The number of carbonyl (C=O) groups is 1. The monoisotopic (exact) mass is 349 g/mol. The summed E-state index contributed by atoms with van der Waals surface area (Å²) in [6, 6.07) is 7.79. The molecule has 2 heterocycles. The molecule has 0 radical (unpaired) electrons. The number of aromatic nitrogens is 3. The lowest BCUT2D eigenvalue weighted by Gasteiger charge is -2.09. The van der Waals surface area contributed by atoms with Gasteiger partial charge in [0.1, 0.15) is 0 Å². The van der Waals surface area contributed by atoms with Gasteiger partial charge < -0.3 is 4.98 Å². The maximum absolute atomic E-state index is 12.7. The largest absolute Gasteiger partial charge is 0.358 e. The summed E-state index contributed by atoms with van der Waals surface area (Å²) in [5.41, 5.74) is 11.5. The summed E-state index contributed by atoms with van der Waals surface area (Å²) >= 11 is 0. The molecule has 6 nitrogen and oxygen atoms in total. The van der Waals surface area contributed by atoms with Gasteiger partial charge in [-0.2, -0.15) is 0 Å². The number of benzene rings is 1. The molecule has 0 spiro atoms. The summed E-state index contributed by atoms with van der Waals surface area (Å²) in [5.74, 6) is 0.195. The average Bonchev–Trinajstić information content (AvgIpc) is 2.80. The van der Waals surface area contributed by atoms with E-state index < -0.39 is 0 Å². The Balaban J connectivity index is 1.60. The van der Waals surface area contributed by atoms with Crippen molar-refractivity contribution in [3.8, 4) is 0 Å². The molecule has 4 rings (SSSR count). The van der Waals surface area contributed by atoms with E-state index >= 15 is 0 Å². The Hall–Kier alpha value is -2.89. The SMILES string of the molecule is Cc1cc(C)nc(NNC(=O)c2cccc3c4c([nH]c23)CCCCC4)n1. The van der Waals surface area contributed by atoms with Crippen molar-refractivity contribution in [2.24, 2.45) is 0 Å². The molecule has 2 aromatic heterocycles. The van der Waals surface area contributed by atoms with Gasteiger partial charge in [-0.1, -0.05) is 18.6 Å². The van der Waals surface area contributed by atoms with Crippen LogP contribution in [0.25, 0.3) is 10.9 Å². The predicted molar refractivity (Wildman–Crippen MR) is 102 cm³/mol. The van der Waals surface area contributed by atoms with Crippen LogP contribution >= 0.6 is 0 Å². The van der Waals surface area contributed by atoms with E-state index in [1.807, 2.05) is 32.0 Å². The highest BCUT2D eigenvalue weighted by Crippen LogP contribution is 2.30. The standard InChI is InChI=1S/C20H23N5O/c1-12-11-13(2)22-20(21-12)25-24-19(26)16-9-6-8-15-14-7-4-3-5-10-17(14)23-18(15)16/h6,8-9,11,23H,3-5,7,10H2,1-2H3,(H,24,26)(H,21,22,25). The molecule has 1 amide bonds. The van der Waals surface area contributed by atoms with Crippen LogP contribution in [0, 0.1) is 13.8 Å². The van der Waals surface area contributed by atoms with Gasteiger partial charge in [-0.05, 0) is 57.2 Å². The molecule has 0 fully saturated rings. The van der Waals surface area contributed by atoms with Crippen molar-refractivity contribution in [3.63, 3.8) is 0 Å². The minimum absolute atomic E-state index is 0.199. The van der Waals surface area contributed by atoms with Crippen LogP contribution in [-0.2, 0) is 12.8 Å². The zero-order chi connectivity index (χ0) is 18.1. The molecule has 6 heteroatoms. The van der Waals surface area contributed by atoms with Crippen molar-refractivity contribution in [1.82, 2.24) is 20.4 Å². The minimum Gasteiger partial charge on any atom is -0.358 e. The Morgan fingerprint density at radius 3 is 2.65 bits per heavy atom. The summed E-state index contributed by atoms with van der Waals surface area (Å²) in [6.07, 6.45) is 5.81. The Morgan fingerprint density at radius 2 is 1.85 bits per heavy atom. The normalized spacial score (nSPS) is 13.9. The summed E-state index contributed by atoms with van der Waals surface area (Å²) in [4.78, 5) is 24.8. The van der Waals surface area contributed by atoms with Crippen LogP contribution in [0.1, 0.15) is 52.3 Å². The second kappa shape index (κ2) is 6.78. The van der Waals surface area contributed by atoms with E-state index in [9.17, 15) is 4.79 Å². The molecule has 3 aromatic rings. The van der Waals surface area contributed by atoms with E-state index in [1.54, 1.807) is 0 Å². The zero-order valence-corrected chi connectivity index (χ0v) is 15.1. The highest BCUT2D eigenvalue weighted by atomic mass is 16.2. The third kappa shape index (κ3) is 3.14. The number of fused-ring (bicyclic) bond motifs is 3. The number of hydrazine groups is 1. The number of amides is 1. The quantitative estimate of drug-likeness (QED) is 0.498. The Labute approximate surface area is 152 Å². The molecule has 1 aliphatic carbocycles. The van der Waals surface area contributed by atoms with E-state index in [1.165, 1.54) is 30.5 Å². The number of rotatable bonds is 3. The van der Waals surface area contributed by atoms with E-state index in [4.69, 9.17) is 0 Å². The van der Waals surface area contributed by atoms with E-state index in [-0.39, 0.29) is 5.91 Å². The van der Waals surface area contributed by atoms with Gasteiger partial charge in [0, 0.05) is 22.5 Å². The third-order valence-electron chi connectivity index (χ3n) is 4.90. The van der Waals surface area contributed by atoms with Crippen molar-refractivity contribution in [2.45, 2.75) is 46.0 Å². The van der Waals surface area contributed by atoms with Gasteiger partial charge in [0.15, 0.2) is 0 Å². The van der Waals surface area contributed by atoms with Gasteiger partial charge >= 0.3 is 0 Å². The zero-order valence-electron chi connectivity index (χ0n) is 15.1. The summed E-state index contributed by atoms with van der Waals surface area (Å²) < 4.78 is 0. The van der Waals surface area contributed by atoms with Crippen LogP contribution in [0.5, 0.6) is 0 Å². The number of aryl methyl sites for hydroxylation is 4. The average molecular weight is 349 g/mol. The number of hydrogen-bond donors (Lipinski definition) is 3. The molecule has 3 N–H and O–H groups in total. The first kappa shape index (κ1) is 16.6. The number of para-hydroxylation sites is 1. The molecule has 26 heavy (non-hydrogen) atoms. The minimum atomic E-state index is -0.199. The van der Waals surface area contributed by atoms with Crippen molar-refractivity contribution < 1.29 is 4.79 Å². The summed E-state index contributed by atoms with van der Waals surface area (Å²) in [6.45, 7) is 3.79. The molecule has 0 atom stereocenters. The van der Waals surface area contributed by atoms with Gasteiger partial charge in [0.25, 0.3) is 5.91 Å². The summed E-state index contributed by atoms with van der Waals surface area (Å²) in [5, 5.41) is 1.16. The molecule has 1 aromatic carbocycles. The number of nitrogens with zero attached hydrogens (tertiary/aromatic N) is 2. The van der Waals surface area contributed by atoms with Crippen molar-refractivity contribution in [1.29, 1.82) is 0 Å². The van der Waals surface area contributed by atoms with E-state index in [2.05, 4.69) is 31.9 Å². The maximum Gasteiger partial charge on any atom is 0.271 e. The first-order chi connectivity index (χ1) is 12.6. The van der Waals surface area contributed by atoms with Crippen molar-refractivity contribution >= 4 is 22.8 Å². The Morgan fingerprint density at radius 1 is 1.08 bits per heavy atom. The molecule has 0 unspecified atom stereocenters. The van der Waals surface area contributed by atoms with Crippen LogP contribution in [0.3, 0.4) is 0 Å². The topological polar surface area (TPSA) is 82.7 Å². The maximum atomic E-state index is 12.7. The second-order valence-corrected chi connectivity index (χ2v) is 6.92. The van der Waals surface area contributed by atoms with E-state index in [0.717, 1.165) is 35.1 Å². The molecule has 0 aliphatic heterocycles. The van der Waals surface area contributed by atoms with Crippen molar-refractivity contribution in [3.05, 3.63) is 52.5 Å². The summed E-state index contributed by atoms with van der Waals surface area (Å²) in [7, 11) is 0. The Kier molecular flexibility index (Phi) is 4.32. The lowest BCUT2D eigenvalue weighted by atomic mass is 10.0. The lowest BCUT2D eigenvalue weighted by molar-refractivity contribution is 0.0963. The molecule has 134 valence electrons. The number of hydrogen-bond acceptors (Lipinski definition) is 4. The molecule has 0 bridgehead atoms. The van der Waals surface area contributed by atoms with Gasteiger partial charge in [-0.3, -0.25) is 15.6 Å². The third-order valence-corrected chi connectivity index (χ3v) is 4.90. The number of nitrogens with one attached hydrogen (secondary N) is 3. The smallest absolute Gasteiger partial charge is 0.271 e. The Bertz CT molecular complexity index is 955. The van der Waals surface area contributed by atoms with Gasteiger partial charge in [0.2, 0.25) is 5.95 Å². The van der Waals surface area contributed by atoms with Gasteiger partial charge in [-0.25, -0.2) is 9.97 Å². The van der Waals surface area contributed by atoms with Gasteiger partial charge in [-0.15, -0.1) is 0 Å². The number of anilines is 1. The van der Waals surface area contributed by atoms with Crippen LogP contribution in [0.2, 0.25) is 0 Å². The number of aromatic amines is 1. The number of H-pyrrole nitrogens is 1. The van der Waals surface area contributed by atoms with Crippen LogP contribution in [0.4, 0.5) is 5.95 Å². The fourth-order valence-electron chi connectivity index (χ4n) is 3.76. The predicted octanol–water partition coefficient (Wildman–Crippen LogP) is 3.60. The van der Waals surface area contributed by atoms with Crippen LogP contribution in [0.15, 0.2) is 24.3 Å². The molecule has 1 aliphatic rings.